The van der Waals surface area contributed by atoms with E-state index in [4.69, 9.17) is 14.2 Å². The van der Waals surface area contributed by atoms with E-state index in [2.05, 4.69) is 5.32 Å². The molecule has 2 aromatic rings. The van der Waals surface area contributed by atoms with Gasteiger partial charge in [-0.05, 0) is 60.7 Å². The molecule has 8 nitrogen and oxygen atoms in total. The standard InChI is InChI=1S/C23H22N2O6/c1-29-16-5-6-17-14(11-16)3-2-8-23(17)21(27)25(22(28)24-23)13-18(26)15-4-7-19-20(12-15)31-10-9-30-19/h4-7,11-12H,2-3,8-10,13H2,1H3,(H,24,28)/t23-/m1/s1. The average molecular weight is 422 g/mol. The predicted molar refractivity (Wildman–Crippen MR) is 110 cm³/mol. The first-order valence-corrected chi connectivity index (χ1v) is 10.3. The second kappa shape index (κ2) is 7.30. The molecule has 1 saturated heterocycles. The number of methoxy groups -OCH3 is 1. The van der Waals surface area contributed by atoms with Gasteiger partial charge in [-0.3, -0.25) is 14.5 Å². The van der Waals surface area contributed by atoms with Crippen molar-refractivity contribution in [1.29, 1.82) is 0 Å². The van der Waals surface area contributed by atoms with Gasteiger partial charge in [0.25, 0.3) is 5.91 Å². The number of ketones is 1. The Balaban J connectivity index is 1.41. The molecule has 1 atom stereocenters. The minimum Gasteiger partial charge on any atom is -0.497 e. The molecule has 2 aromatic carbocycles. The normalized spacial score (nSPS) is 21.6. The van der Waals surface area contributed by atoms with E-state index in [1.807, 2.05) is 12.1 Å². The van der Waals surface area contributed by atoms with Gasteiger partial charge in [-0.25, -0.2) is 4.79 Å². The Hall–Kier alpha value is -3.55. The monoisotopic (exact) mass is 422 g/mol. The van der Waals surface area contributed by atoms with Crippen LogP contribution in [-0.4, -0.2) is 49.5 Å². The lowest BCUT2D eigenvalue weighted by molar-refractivity contribution is -0.131. The summed E-state index contributed by atoms with van der Waals surface area (Å²) in [5.41, 5.74) is 0.968. The van der Waals surface area contributed by atoms with Gasteiger partial charge < -0.3 is 19.5 Å². The van der Waals surface area contributed by atoms with Gasteiger partial charge in [-0.15, -0.1) is 0 Å². The van der Waals surface area contributed by atoms with Crippen molar-refractivity contribution in [2.75, 3.05) is 26.9 Å². The number of hydrogen-bond acceptors (Lipinski definition) is 6. The SMILES string of the molecule is COc1ccc2c(c1)CCC[C@@]21NC(=O)N(CC(=O)c2ccc3c(c2)OCCO3)C1=O. The number of benzene rings is 2. The van der Waals surface area contributed by atoms with Crippen molar-refractivity contribution >= 4 is 17.7 Å². The lowest BCUT2D eigenvalue weighted by Gasteiger charge is -2.33. The quantitative estimate of drug-likeness (QED) is 0.601. The van der Waals surface area contributed by atoms with Crippen LogP contribution in [0.3, 0.4) is 0 Å². The van der Waals surface area contributed by atoms with Crippen molar-refractivity contribution in [3.05, 3.63) is 53.1 Å². The summed E-state index contributed by atoms with van der Waals surface area (Å²) in [5.74, 6) is 1.03. The zero-order valence-electron chi connectivity index (χ0n) is 17.1. The third kappa shape index (κ3) is 3.10. The van der Waals surface area contributed by atoms with Crippen molar-refractivity contribution < 1.29 is 28.6 Å². The van der Waals surface area contributed by atoms with E-state index in [1.165, 1.54) is 0 Å². The fourth-order valence-electron chi connectivity index (χ4n) is 4.57. The van der Waals surface area contributed by atoms with E-state index in [1.54, 1.807) is 31.4 Å². The second-order valence-electron chi connectivity index (χ2n) is 7.89. The summed E-state index contributed by atoms with van der Waals surface area (Å²) < 4.78 is 16.3. The first kappa shape index (κ1) is 19.4. The van der Waals surface area contributed by atoms with Crippen molar-refractivity contribution in [3.8, 4) is 17.2 Å². The smallest absolute Gasteiger partial charge is 0.325 e. The number of carbonyl (C=O) groups excluding carboxylic acids is 3. The van der Waals surface area contributed by atoms with E-state index in [-0.39, 0.29) is 12.3 Å². The zero-order valence-corrected chi connectivity index (χ0v) is 17.1. The van der Waals surface area contributed by atoms with Crippen LogP contribution < -0.4 is 19.5 Å². The Morgan fingerprint density at radius 1 is 1.13 bits per heavy atom. The largest absolute Gasteiger partial charge is 0.497 e. The van der Waals surface area contributed by atoms with E-state index < -0.39 is 17.5 Å². The number of aryl methyl sites for hydroxylation is 1. The maximum absolute atomic E-state index is 13.4. The van der Waals surface area contributed by atoms with Crippen LogP contribution in [0.2, 0.25) is 0 Å². The molecule has 2 heterocycles. The van der Waals surface area contributed by atoms with Crippen molar-refractivity contribution in [2.45, 2.75) is 24.8 Å². The van der Waals surface area contributed by atoms with Gasteiger partial charge in [-0.2, -0.15) is 0 Å². The zero-order chi connectivity index (χ0) is 21.6. The fraction of sp³-hybridized carbons (Fsp3) is 0.348. The van der Waals surface area contributed by atoms with Gasteiger partial charge >= 0.3 is 6.03 Å². The molecule has 1 fully saturated rings. The van der Waals surface area contributed by atoms with Crippen molar-refractivity contribution in [3.63, 3.8) is 0 Å². The van der Waals surface area contributed by atoms with E-state index >= 15 is 0 Å². The van der Waals surface area contributed by atoms with Crippen LogP contribution in [0.5, 0.6) is 17.2 Å². The summed E-state index contributed by atoms with van der Waals surface area (Å²) in [4.78, 5) is 40.1. The topological polar surface area (TPSA) is 94.2 Å². The van der Waals surface area contributed by atoms with Crippen LogP contribution in [0.4, 0.5) is 4.79 Å². The summed E-state index contributed by atoms with van der Waals surface area (Å²) >= 11 is 0. The fourth-order valence-corrected chi connectivity index (χ4v) is 4.57. The Morgan fingerprint density at radius 3 is 2.74 bits per heavy atom. The molecule has 2 aliphatic heterocycles. The summed E-state index contributed by atoms with van der Waals surface area (Å²) in [7, 11) is 1.59. The average Bonchev–Trinajstić information content (AvgIpc) is 3.03. The van der Waals surface area contributed by atoms with Gasteiger partial charge in [0.1, 0.15) is 24.5 Å². The van der Waals surface area contributed by atoms with E-state index in [9.17, 15) is 14.4 Å². The number of carbonyl (C=O) groups is 3. The molecule has 0 saturated carbocycles. The maximum atomic E-state index is 13.4. The number of nitrogens with one attached hydrogen (secondary N) is 1. The summed E-state index contributed by atoms with van der Waals surface area (Å²) in [6.45, 7) is 0.528. The van der Waals surface area contributed by atoms with Crippen LogP contribution in [0.25, 0.3) is 0 Å². The number of ether oxygens (including phenoxy) is 3. The van der Waals surface area contributed by atoms with E-state index in [0.717, 1.165) is 28.9 Å². The number of urea groups is 1. The third-order valence-electron chi connectivity index (χ3n) is 6.11. The lowest BCUT2D eigenvalue weighted by Crippen LogP contribution is -2.46. The number of imide groups is 1. The molecule has 3 aliphatic rings. The van der Waals surface area contributed by atoms with Crippen molar-refractivity contribution in [2.24, 2.45) is 0 Å². The van der Waals surface area contributed by atoms with Crippen LogP contribution in [0.15, 0.2) is 36.4 Å². The minimum atomic E-state index is -1.13. The maximum Gasteiger partial charge on any atom is 0.325 e. The van der Waals surface area contributed by atoms with Crippen molar-refractivity contribution in [1.82, 2.24) is 10.2 Å². The second-order valence-corrected chi connectivity index (χ2v) is 7.89. The van der Waals surface area contributed by atoms with Crippen LogP contribution in [0, 0.1) is 0 Å². The minimum absolute atomic E-state index is 0.336. The molecule has 1 aliphatic carbocycles. The van der Waals surface area contributed by atoms with Gasteiger partial charge in [0, 0.05) is 5.56 Å². The first-order chi connectivity index (χ1) is 15.0. The number of hydrogen-bond donors (Lipinski definition) is 1. The number of rotatable bonds is 4. The van der Waals surface area contributed by atoms with Gasteiger partial charge in [0.15, 0.2) is 17.3 Å². The summed E-state index contributed by atoms with van der Waals surface area (Å²) in [6.07, 6.45) is 2.04. The number of nitrogens with zero attached hydrogens (tertiary/aromatic N) is 1. The third-order valence-corrected chi connectivity index (χ3v) is 6.11. The first-order valence-electron chi connectivity index (χ1n) is 10.3. The van der Waals surface area contributed by atoms with Gasteiger partial charge in [-0.1, -0.05) is 6.07 Å². The van der Waals surface area contributed by atoms with Crippen LogP contribution >= 0.6 is 0 Å². The molecule has 0 bridgehead atoms. The molecular weight excluding hydrogens is 400 g/mol. The Labute approximate surface area is 179 Å². The molecule has 0 aromatic heterocycles. The molecule has 160 valence electrons. The highest BCUT2D eigenvalue weighted by atomic mass is 16.6. The molecule has 0 radical (unpaired) electrons. The molecule has 5 rings (SSSR count). The van der Waals surface area contributed by atoms with Crippen LogP contribution in [0.1, 0.15) is 34.3 Å². The van der Waals surface area contributed by atoms with E-state index in [0.29, 0.717) is 42.4 Å². The molecule has 8 heteroatoms. The summed E-state index contributed by atoms with van der Waals surface area (Å²) in [6, 6.07) is 9.84. The molecule has 1 spiro atoms. The Bertz CT molecular complexity index is 1100. The molecule has 0 unspecified atom stereocenters. The predicted octanol–water partition coefficient (Wildman–Crippen LogP) is 2.43. The van der Waals surface area contributed by atoms with Crippen LogP contribution in [-0.2, 0) is 16.8 Å². The Morgan fingerprint density at radius 2 is 1.94 bits per heavy atom. The van der Waals surface area contributed by atoms with Gasteiger partial charge in [0.2, 0.25) is 0 Å². The number of amides is 3. The molecular formula is C23H22N2O6. The van der Waals surface area contributed by atoms with Gasteiger partial charge in [0.05, 0.1) is 13.7 Å². The Kier molecular flexibility index (Phi) is 4.57. The molecule has 3 amide bonds. The number of Topliss-reactive ketones (excluding diaryl/α,β-unsaturated/α-hetero) is 1. The number of fused-ring (bicyclic) bond motifs is 3. The molecule has 31 heavy (non-hydrogen) atoms. The summed E-state index contributed by atoms with van der Waals surface area (Å²) in [5, 5.41) is 2.87. The highest BCUT2D eigenvalue weighted by Crippen LogP contribution is 2.41. The lowest BCUT2D eigenvalue weighted by atomic mass is 9.76. The molecule has 1 N–H and O–H groups in total. The highest BCUT2D eigenvalue weighted by Gasteiger charge is 2.54. The highest BCUT2D eigenvalue weighted by molar-refractivity contribution is 6.11.